The Labute approximate surface area is 226 Å². The Morgan fingerprint density at radius 1 is 0.842 bits per heavy atom. The quantitative estimate of drug-likeness (QED) is 0.177. The van der Waals surface area contributed by atoms with Crippen LogP contribution in [0.15, 0.2) is 103 Å². The highest BCUT2D eigenvalue weighted by Gasteiger charge is 2.12. The fraction of sp³-hybridized carbons (Fsp3) is 0.0968. The molecule has 4 aromatic rings. The van der Waals surface area contributed by atoms with E-state index in [4.69, 9.17) is 25.8 Å². The third-order valence-corrected chi connectivity index (χ3v) is 5.80. The van der Waals surface area contributed by atoms with E-state index in [-0.39, 0.29) is 12.2 Å². The lowest BCUT2D eigenvalue weighted by Gasteiger charge is -2.14. The molecule has 0 atom stereocenters. The second kappa shape index (κ2) is 13.0. The number of carbonyl (C=O) groups excluding carboxylic acids is 1. The molecule has 7 heteroatoms. The minimum atomic E-state index is -0.527. The molecule has 0 heterocycles. The molecule has 38 heavy (non-hydrogen) atoms. The van der Waals surface area contributed by atoms with Crippen LogP contribution in [0.3, 0.4) is 0 Å². The summed E-state index contributed by atoms with van der Waals surface area (Å²) in [6, 6.07) is 31.3. The van der Waals surface area contributed by atoms with Crippen molar-refractivity contribution in [2.45, 2.75) is 13.2 Å². The van der Waals surface area contributed by atoms with E-state index in [1.165, 1.54) is 6.08 Å². The number of benzene rings is 4. The predicted octanol–water partition coefficient (Wildman–Crippen LogP) is 7.05. The lowest BCUT2D eigenvalue weighted by atomic mass is 10.1. The molecular formula is C31H25ClN2O4. The lowest BCUT2D eigenvalue weighted by molar-refractivity contribution is -0.112. The van der Waals surface area contributed by atoms with Crippen molar-refractivity contribution >= 4 is 29.3 Å². The summed E-state index contributed by atoms with van der Waals surface area (Å²) < 4.78 is 17.5. The van der Waals surface area contributed by atoms with Crippen molar-refractivity contribution in [2.75, 3.05) is 12.4 Å². The van der Waals surface area contributed by atoms with Gasteiger partial charge in [0.1, 0.15) is 30.6 Å². The zero-order chi connectivity index (χ0) is 26.7. The first kappa shape index (κ1) is 26.3. The number of nitrogens with one attached hydrogen (secondary N) is 1. The minimum absolute atomic E-state index is 0.0578. The van der Waals surface area contributed by atoms with Crippen LogP contribution in [0.1, 0.15) is 16.7 Å². The van der Waals surface area contributed by atoms with Crippen LogP contribution in [0.25, 0.3) is 6.08 Å². The summed E-state index contributed by atoms with van der Waals surface area (Å²) in [7, 11) is 1.59. The Bertz CT molecular complexity index is 1460. The number of amides is 1. The number of nitrogens with zero attached hydrogens (tertiary/aromatic N) is 1. The van der Waals surface area contributed by atoms with E-state index in [0.29, 0.717) is 40.1 Å². The summed E-state index contributed by atoms with van der Waals surface area (Å²) in [6.45, 7) is 0.679. The van der Waals surface area contributed by atoms with Gasteiger partial charge in [-0.15, -0.1) is 0 Å². The number of rotatable bonds is 10. The van der Waals surface area contributed by atoms with Gasteiger partial charge in [0.05, 0.1) is 7.11 Å². The number of anilines is 1. The fourth-order valence-electron chi connectivity index (χ4n) is 3.58. The number of nitriles is 1. The van der Waals surface area contributed by atoms with Crippen molar-refractivity contribution in [3.8, 4) is 23.3 Å². The van der Waals surface area contributed by atoms with E-state index in [1.54, 1.807) is 43.5 Å². The monoisotopic (exact) mass is 524 g/mol. The minimum Gasteiger partial charge on any atom is -0.493 e. The van der Waals surface area contributed by atoms with Gasteiger partial charge in [0, 0.05) is 16.3 Å². The molecule has 0 aliphatic rings. The maximum Gasteiger partial charge on any atom is 0.266 e. The molecular weight excluding hydrogens is 500 g/mol. The topological polar surface area (TPSA) is 80.6 Å². The highest BCUT2D eigenvalue weighted by Crippen LogP contribution is 2.30. The summed E-state index contributed by atoms with van der Waals surface area (Å²) in [5, 5.41) is 12.9. The largest absolute Gasteiger partial charge is 0.493 e. The van der Waals surface area contributed by atoms with Gasteiger partial charge in [-0.1, -0.05) is 66.2 Å². The number of ether oxygens (including phenoxy) is 3. The van der Waals surface area contributed by atoms with Gasteiger partial charge in [-0.25, -0.2) is 0 Å². The molecule has 1 N–H and O–H groups in total. The van der Waals surface area contributed by atoms with E-state index in [2.05, 4.69) is 5.32 Å². The molecule has 0 fully saturated rings. The first-order valence-electron chi connectivity index (χ1n) is 11.8. The number of para-hydroxylation sites is 1. The second-order valence-corrected chi connectivity index (χ2v) is 8.65. The summed E-state index contributed by atoms with van der Waals surface area (Å²) in [4.78, 5) is 12.7. The van der Waals surface area contributed by atoms with Crippen molar-refractivity contribution in [1.29, 1.82) is 5.26 Å². The standard InChI is InChI=1S/C31H25ClN2O4/c1-36-30-17-23(11-16-29(30)38-20-22-7-3-2-4-8-22)21-37-28-10-6-5-9-24(28)18-25(19-33)31(35)34-27-14-12-26(32)13-15-27/h2-18H,20-21H2,1H3,(H,34,35)/b25-18-. The SMILES string of the molecule is COc1cc(COc2ccccc2/C=C(/C#N)C(=O)Nc2ccc(Cl)cc2)ccc1OCc1ccccc1. The van der Waals surface area contributed by atoms with Crippen molar-refractivity contribution < 1.29 is 19.0 Å². The van der Waals surface area contributed by atoms with Crippen molar-refractivity contribution in [3.63, 3.8) is 0 Å². The third kappa shape index (κ3) is 7.16. The van der Waals surface area contributed by atoms with Crippen LogP contribution in [0.5, 0.6) is 17.2 Å². The number of carbonyl (C=O) groups is 1. The van der Waals surface area contributed by atoms with Crippen LogP contribution in [0, 0.1) is 11.3 Å². The average molecular weight is 525 g/mol. The van der Waals surface area contributed by atoms with E-state index in [9.17, 15) is 10.1 Å². The van der Waals surface area contributed by atoms with Gasteiger partial charge in [0.25, 0.3) is 5.91 Å². The molecule has 0 bridgehead atoms. The van der Waals surface area contributed by atoms with Gasteiger partial charge >= 0.3 is 0 Å². The molecule has 0 saturated heterocycles. The Morgan fingerprint density at radius 3 is 2.26 bits per heavy atom. The lowest BCUT2D eigenvalue weighted by Crippen LogP contribution is -2.13. The van der Waals surface area contributed by atoms with Gasteiger partial charge in [-0.2, -0.15) is 5.26 Å². The molecule has 0 radical (unpaired) electrons. The molecule has 0 aliphatic carbocycles. The van der Waals surface area contributed by atoms with Gasteiger partial charge < -0.3 is 19.5 Å². The molecule has 0 spiro atoms. The van der Waals surface area contributed by atoms with Crippen molar-refractivity contribution in [1.82, 2.24) is 0 Å². The van der Waals surface area contributed by atoms with Crippen molar-refractivity contribution in [2.24, 2.45) is 0 Å². The summed E-state index contributed by atoms with van der Waals surface area (Å²) >= 11 is 5.90. The fourth-order valence-corrected chi connectivity index (χ4v) is 3.71. The highest BCUT2D eigenvalue weighted by atomic mass is 35.5. The molecule has 1 amide bonds. The van der Waals surface area contributed by atoms with Crippen LogP contribution < -0.4 is 19.5 Å². The third-order valence-electron chi connectivity index (χ3n) is 5.55. The first-order chi connectivity index (χ1) is 18.6. The smallest absolute Gasteiger partial charge is 0.266 e. The zero-order valence-electron chi connectivity index (χ0n) is 20.7. The van der Waals surface area contributed by atoms with Gasteiger partial charge in [0.15, 0.2) is 11.5 Å². The maximum absolute atomic E-state index is 12.7. The van der Waals surface area contributed by atoms with Gasteiger partial charge in [0.2, 0.25) is 0 Å². The second-order valence-electron chi connectivity index (χ2n) is 8.22. The molecule has 0 aromatic heterocycles. The Hall–Kier alpha value is -4.73. The van der Waals surface area contributed by atoms with E-state index >= 15 is 0 Å². The number of halogens is 1. The first-order valence-corrected chi connectivity index (χ1v) is 12.2. The predicted molar refractivity (Wildman–Crippen MR) is 148 cm³/mol. The molecule has 4 aromatic carbocycles. The van der Waals surface area contributed by atoms with E-state index in [0.717, 1.165) is 11.1 Å². The Morgan fingerprint density at radius 2 is 1.53 bits per heavy atom. The molecule has 6 nitrogen and oxygen atoms in total. The van der Waals surface area contributed by atoms with E-state index < -0.39 is 5.91 Å². The molecule has 0 saturated carbocycles. The van der Waals surface area contributed by atoms with Gasteiger partial charge in [-0.3, -0.25) is 4.79 Å². The molecule has 0 aliphatic heterocycles. The Kier molecular flexibility index (Phi) is 9.01. The summed E-state index contributed by atoms with van der Waals surface area (Å²) in [5.41, 5.74) is 3.01. The van der Waals surface area contributed by atoms with E-state index in [1.807, 2.05) is 66.7 Å². The van der Waals surface area contributed by atoms with Crippen LogP contribution >= 0.6 is 11.6 Å². The summed E-state index contributed by atoms with van der Waals surface area (Å²) in [6.07, 6.45) is 1.50. The number of hydrogen-bond acceptors (Lipinski definition) is 5. The summed E-state index contributed by atoms with van der Waals surface area (Å²) in [5.74, 6) is 1.23. The molecule has 4 rings (SSSR count). The van der Waals surface area contributed by atoms with Crippen LogP contribution in [0.2, 0.25) is 5.02 Å². The highest BCUT2D eigenvalue weighted by molar-refractivity contribution is 6.30. The molecule has 190 valence electrons. The zero-order valence-corrected chi connectivity index (χ0v) is 21.4. The van der Waals surface area contributed by atoms with Crippen LogP contribution in [-0.2, 0) is 18.0 Å². The molecule has 0 unspecified atom stereocenters. The number of methoxy groups -OCH3 is 1. The van der Waals surface area contributed by atoms with Crippen molar-refractivity contribution in [3.05, 3.63) is 124 Å². The van der Waals surface area contributed by atoms with Crippen LogP contribution in [0.4, 0.5) is 5.69 Å². The van der Waals surface area contributed by atoms with Crippen LogP contribution in [-0.4, -0.2) is 13.0 Å². The normalized spacial score (nSPS) is 10.8. The van der Waals surface area contributed by atoms with Gasteiger partial charge in [-0.05, 0) is 59.7 Å². The maximum atomic E-state index is 12.7. The Balaban J connectivity index is 1.44. The number of hydrogen-bond donors (Lipinski definition) is 1. The average Bonchev–Trinajstić information content (AvgIpc) is 2.96.